The lowest BCUT2D eigenvalue weighted by Gasteiger charge is -2.24. The Morgan fingerprint density at radius 3 is 2.67 bits per heavy atom. The number of nitrogens with one attached hydrogen (secondary N) is 1. The van der Waals surface area contributed by atoms with E-state index >= 15 is 0 Å². The third-order valence-electron chi connectivity index (χ3n) is 4.37. The summed E-state index contributed by atoms with van der Waals surface area (Å²) in [6.45, 7) is 1.62. The average molecular weight is 289 g/mol. The summed E-state index contributed by atoms with van der Waals surface area (Å²) in [5, 5.41) is 2.98. The van der Waals surface area contributed by atoms with E-state index in [0.717, 1.165) is 12.1 Å². The smallest absolute Gasteiger partial charge is 0.221 e. The molecular formula is C17H27N3O. The van der Waals surface area contributed by atoms with E-state index in [1.54, 1.807) is 0 Å². The second-order valence-corrected chi connectivity index (χ2v) is 5.99. The molecule has 1 unspecified atom stereocenters. The molecule has 0 radical (unpaired) electrons. The lowest BCUT2D eigenvalue weighted by molar-refractivity contribution is -0.121. The summed E-state index contributed by atoms with van der Waals surface area (Å²) in [4.78, 5) is 14.3. The number of hydrogen-bond donors (Lipinski definition) is 2. The Morgan fingerprint density at radius 2 is 2.00 bits per heavy atom. The van der Waals surface area contributed by atoms with Gasteiger partial charge in [0.2, 0.25) is 5.91 Å². The van der Waals surface area contributed by atoms with E-state index in [1.807, 2.05) is 30.3 Å². The van der Waals surface area contributed by atoms with Gasteiger partial charge in [-0.2, -0.15) is 0 Å². The molecule has 0 spiro atoms. The molecule has 1 aromatic carbocycles. The molecule has 1 amide bonds. The Balaban J connectivity index is 1.65. The molecule has 116 valence electrons. The number of hydrogen-bond acceptors (Lipinski definition) is 3. The Kier molecular flexibility index (Phi) is 6.21. The van der Waals surface area contributed by atoms with Crippen LogP contribution >= 0.6 is 0 Å². The van der Waals surface area contributed by atoms with Crippen LogP contribution in [-0.4, -0.2) is 37.0 Å². The van der Waals surface area contributed by atoms with Crippen molar-refractivity contribution in [2.45, 2.75) is 44.2 Å². The summed E-state index contributed by atoms with van der Waals surface area (Å²) in [5.41, 5.74) is 7.07. The number of nitrogens with zero attached hydrogens (tertiary/aromatic N) is 1. The zero-order valence-electron chi connectivity index (χ0n) is 12.9. The molecule has 21 heavy (non-hydrogen) atoms. The first-order valence-electron chi connectivity index (χ1n) is 7.94. The van der Waals surface area contributed by atoms with Crippen LogP contribution in [-0.2, 0) is 4.79 Å². The number of carbonyl (C=O) groups excluding carboxylic acids is 1. The van der Waals surface area contributed by atoms with Crippen LogP contribution in [0.15, 0.2) is 30.3 Å². The van der Waals surface area contributed by atoms with Crippen molar-refractivity contribution >= 4 is 5.91 Å². The minimum Gasteiger partial charge on any atom is -0.355 e. The second kappa shape index (κ2) is 8.15. The van der Waals surface area contributed by atoms with Crippen LogP contribution < -0.4 is 11.1 Å². The van der Waals surface area contributed by atoms with Crippen molar-refractivity contribution in [3.8, 4) is 0 Å². The highest BCUT2D eigenvalue weighted by atomic mass is 16.1. The molecule has 1 aliphatic carbocycles. The zero-order valence-corrected chi connectivity index (χ0v) is 12.9. The predicted octanol–water partition coefficient (Wildman–Crippen LogP) is 2.07. The van der Waals surface area contributed by atoms with Crippen LogP contribution in [0.4, 0.5) is 0 Å². The number of nitrogens with two attached hydrogens (primary N) is 1. The molecule has 0 heterocycles. The molecule has 0 aliphatic heterocycles. The molecule has 1 aromatic rings. The lowest BCUT2D eigenvalue weighted by Crippen LogP contribution is -2.38. The highest BCUT2D eigenvalue weighted by Gasteiger charge is 2.19. The van der Waals surface area contributed by atoms with Gasteiger partial charge < -0.3 is 16.0 Å². The van der Waals surface area contributed by atoms with E-state index in [1.165, 1.54) is 25.7 Å². The van der Waals surface area contributed by atoms with Gasteiger partial charge in [0.15, 0.2) is 0 Å². The first-order chi connectivity index (χ1) is 10.2. The summed E-state index contributed by atoms with van der Waals surface area (Å²) in [6.07, 6.45) is 5.62. The number of likely N-dealkylation sites (N-methyl/N-ethyl adjacent to an activating group) is 1. The molecule has 1 atom stereocenters. The van der Waals surface area contributed by atoms with Crippen molar-refractivity contribution in [3.05, 3.63) is 35.9 Å². The Bertz CT molecular complexity index is 429. The molecule has 1 saturated carbocycles. The maximum absolute atomic E-state index is 11.9. The van der Waals surface area contributed by atoms with E-state index in [2.05, 4.69) is 17.3 Å². The molecular weight excluding hydrogens is 262 g/mol. The van der Waals surface area contributed by atoms with Crippen LogP contribution in [0.3, 0.4) is 0 Å². The number of rotatable bonds is 7. The Morgan fingerprint density at radius 1 is 1.33 bits per heavy atom. The van der Waals surface area contributed by atoms with Gasteiger partial charge in [0.05, 0.1) is 0 Å². The molecule has 3 N–H and O–H groups in total. The van der Waals surface area contributed by atoms with Gasteiger partial charge in [-0.3, -0.25) is 4.79 Å². The molecule has 1 aliphatic rings. The third kappa shape index (κ3) is 5.14. The first kappa shape index (κ1) is 16.0. The van der Waals surface area contributed by atoms with Crippen molar-refractivity contribution in [2.75, 3.05) is 20.1 Å². The maximum Gasteiger partial charge on any atom is 0.221 e. The van der Waals surface area contributed by atoms with Gasteiger partial charge in [0.25, 0.3) is 0 Å². The lowest BCUT2D eigenvalue weighted by atomic mass is 10.0. The highest BCUT2D eigenvalue weighted by Crippen LogP contribution is 2.21. The van der Waals surface area contributed by atoms with Crippen LogP contribution in [0.1, 0.15) is 43.7 Å². The van der Waals surface area contributed by atoms with Gasteiger partial charge in [-0.25, -0.2) is 0 Å². The monoisotopic (exact) mass is 289 g/mol. The van der Waals surface area contributed by atoms with Crippen LogP contribution in [0, 0.1) is 0 Å². The van der Waals surface area contributed by atoms with E-state index in [0.29, 0.717) is 19.0 Å². The van der Waals surface area contributed by atoms with Crippen molar-refractivity contribution in [1.82, 2.24) is 10.2 Å². The largest absolute Gasteiger partial charge is 0.355 e. The van der Waals surface area contributed by atoms with Gasteiger partial charge in [-0.1, -0.05) is 43.2 Å². The van der Waals surface area contributed by atoms with Gasteiger partial charge >= 0.3 is 0 Å². The summed E-state index contributed by atoms with van der Waals surface area (Å²) in [7, 11) is 2.15. The van der Waals surface area contributed by atoms with Crippen molar-refractivity contribution in [3.63, 3.8) is 0 Å². The predicted molar refractivity (Wildman–Crippen MR) is 85.9 cm³/mol. The summed E-state index contributed by atoms with van der Waals surface area (Å²) in [5.74, 6) is 0.0335. The fourth-order valence-electron chi connectivity index (χ4n) is 2.99. The van der Waals surface area contributed by atoms with Crippen LogP contribution in [0.5, 0.6) is 0 Å². The fraction of sp³-hybridized carbons (Fsp3) is 0.588. The zero-order chi connectivity index (χ0) is 15.1. The third-order valence-corrected chi connectivity index (χ3v) is 4.37. The summed E-state index contributed by atoms with van der Waals surface area (Å²) >= 11 is 0. The second-order valence-electron chi connectivity index (χ2n) is 5.99. The number of carbonyl (C=O) groups is 1. The fourth-order valence-corrected chi connectivity index (χ4v) is 2.99. The first-order valence-corrected chi connectivity index (χ1v) is 7.94. The van der Waals surface area contributed by atoms with Gasteiger partial charge in [0.1, 0.15) is 0 Å². The molecule has 4 nitrogen and oxygen atoms in total. The van der Waals surface area contributed by atoms with Gasteiger partial charge in [-0.15, -0.1) is 0 Å². The minimum atomic E-state index is -0.223. The van der Waals surface area contributed by atoms with Crippen molar-refractivity contribution < 1.29 is 4.79 Å². The average Bonchev–Trinajstić information content (AvgIpc) is 3.02. The number of benzene rings is 1. The van der Waals surface area contributed by atoms with E-state index < -0.39 is 0 Å². The van der Waals surface area contributed by atoms with Gasteiger partial charge in [-0.05, 0) is 25.5 Å². The molecule has 0 bridgehead atoms. The van der Waals surface area contributed by atoms with Crippen LogP contribution in [0.2, 0.25) is 0 Å². The maximum atomic E-state index is 11.9. The Labute approximate surface area is 127 Å². The normalized spacial score (nSPS) is 17.1. The molecule has 1 fully saturated rings. The minimum absolute atomic E-state index is 0.0335. The molecule has 0 saturated heterocycles. The van der Waals surface area contributed by atoms with E-state index in [-0.39, 0.29) is 11.9 Å². The Hall–Kier alpha value is -1.39. The molecule has 4 heteroatoms. The van der Waals surface area contributed by atoms with Crippen molar-refractivity contribution in [2.24, 2.45) is 5.73 Å². The topological polar surface area (TPSA) is 58.4 Å². The highest BCUT2D eigenvalue weighted by molar-refractivity contribution is 5.76. The summed E-state index contributed by atoms with van der Waals surface area (Å²) < 4.78 is 0. The quantitative estimate of drug-likeness (QED) is 0.808. The number of amides is 1. The van der Waals surface area contributed by atoms with E-state index in [4.69, 9.17) is 5.73 Å². The standard InChI is InChI=1S/C17H27N3O/c1-20(15-9-5-6-10-15)12-11-19-17(21)13-16(18)14-7-3-2-4-8-14/h2-4,7-8,15-16H,5-6,9-13,18H2,1H3,(H,19,21). The van der Waals surface area contributed by atoms with Crippen molar-refractivity contribution in [1.29, 1.82) is 0 Å². The summed E-state index contributed by atoms with van der Waals surface area (Å²) in [6, 6.07) is 10.3. The van der Waals surface area contributed by atoms with E-state index in [9.17, 15) is 4.79 Å². The molecule has 2 rings (SSSR count). The van der Waals surface area contributed by atoms with Crippen LogP contribution in [0.25, 0.3) is 0 Å². The molecule has 0 aromatic heterocycles. The SMILES string of the molecule is CN(CCNC(=O)CC(N)c1ccccc1)C1CCCC1. The van der Waals surface area contributed by atoms with Gasteiger partial charge in [0, 0.05) is 31.6 Å².